The molecule has 94 valence electrons. The molecule has 0 saturated carbocycles. The minimum absolute atomic E-state index is 0.00947. The maximum Gasteiger partial charge on any atom is 0.327 e. The van der Waals surface area contributed by atoms with Gasteiger partial charge in [0.2, 0.25) is 0 Å². The van der Waals surface area contributed by atoms with Gasteiger partial charge in [-0.2, -0.15) is 4.37 Å². The van der Waals surface area contributed by atoms with Crippen molar-refractivity contribution in [2.75, 3.05) is 18.5 Å². The van der Waals surface area contributed by atoms with Crippen LogP contribution in [0.1, 0.15) is 25.6 Å². The summed E-state index contributed by atoms with van der Waals surface area (Å²) >= 11 is 1.38. The smallest absolute Gasteiger partial charge is 0.327 e. The molecule has 1 atom stereocenters. The molecule has 1 N–H and O–H groups in total. The predicted octanol–water partition coefficient (Wildman–Crippen LogP) is 1.63. The number of nitrogens with zero attached hydrogens (tertiary/aromatic N) is 3. The summed E-state index contributed by atoms with van der Waals surface area (Å²) in [7, 11) is 1.67. The maximum atomic E-state index is 11.8. The summed E-state index contributed by atoms with van der Waals surface area (Å²) in [6.45, 7) is 6.61. The second-order valence-electron chi connectivity index (χ2n) is 5.31. The zero-order chi connectivity index (χ0) is 12.8. The Morgan fingerprint density at radius 1 is 1.53 bits per heavy atom. The Morgan fingerprint density at radius 2 is 2.18 bits per heavy atom. The van der Waals surface area contributed by atoms with E-state index in [1.165, 1.54) is 21.3 Å². The average molecular weight is 255 g/mol. The fourth-order valence-corrected chi connectivity index (χ4v) is 2.46. The van der Waals surface area contributed by atoms with Crippen LogP contribution in [-0.2, 0) is 5.41 Å². The van der Waals surface area contributed by atoms with E-state index in [9.17, 15) is 9.90 Å². The summed E-state index contributed by atoms with van der Waals surface area (Å²) in [5, 5.41) is 9.82. The minimum atomic E-state index is -0.803. The van der Waals surface area contributed by atoms with Gasteiger partial charge in [0.1, 0.15) is 0 Å². The van der Waals surface area contributed by atoms with Crippen LogP contribution >= 0.6 is 11.5 Å². The highest BCUT2D eigenvalue weighted by molar-refractivity contribution is 7.06. The lowest BCUT2D eigenvalue weighted by atomic mass is 9.95. The number of hydrogen-bond donors (Lipinski definition) is 1. The number of likely N-dealkylation sites (N-methyl/N-ethyl adjacent to an activating group) is 1. The molecule has 2 heterocycles. The summed E-state index contributed by atoms with van der Waals surface area (Å²) in [6.07, 6.45) is -0.803. The van der Waals surface area contributed by atoms with E-state index in [4.69, 9.17) is 0 Å². The van der Waals surface area contributed by atoms with Gasteiger partial charge >= 0.3 is 6.03 Å². The highest BCUT2D eigenvalue weighted by Gasteiger charge is 2.36. The van der Waals surface area contributed by atoms with Gasteiger partial charge in [0.15, 0.2) is 12.0 Å². The largest absolute Gasteiger partial charge is 0.371 e. The SMILES string of the molecule is CN1CC(O)N(c2cc(C(C)(C)C)sn2)C1=O. The molecule has 2 rings (SSSR count). The van der Waals surface area contributed by atoms with Gasteiger partial charge < -0.3 is 10.0 Å². The maximum absolute atomic E-state index is 11.8. The third kappa shape index (κ3) is 2.14. The molecule has 6 heteroatoms. The summed E-state index contributed by atoms with van der Waals surface area (Å²) in [6, 6.07) is 1.67. The summed E-state index contributed by atoms with van der Waals surface area (Å²) in [4.78, 5) is 15.8. The van der Waals surface area contributed by atoms with Gasteiger partial charge in [-0.05, 0) is 23.0 Å². The molecule has 0 aliphatic carbocycles. The Hall–Kier alpha value is -1.14. The first-order chi connectivity index (χ1) is 7.80. The van der Waals surface area contributed by atoms with Crippen molar-refractivity contribution < 1.29 is 9.90 Å². The molecule has 1 saturated heterocycles. The van der Waals surface area contributed by atoms with Crippen molar-refractivity contribution in [3.05, 3.63) is 10.9 Å². The van der Waals surface area contributed by atoms with Crippen LogP contribution in [0.3, 0.4) is 0 Å². The average Bonchev–Trinajstić information content (AvgIpc) is 2.73. The third-order valence-corrected chi connectivity index (χ3v) is 3.96. The first-order valence-corrected chi connectivity index (χ1v) is 6.27. The Labute approximate surface area is 105 Å². The van der Waals surface area contributed by atoms with Gasteiger partial charge in [-0.15, -0.1) is 0 Å². The minimum Gasteiger partial charge on any atom is -0.371 e. The van der Waals surface area contributed by atoms with E-state index in [1.807, 2.05) is 6.07 Å². The number of hydrogen-bond acceptors (Lipinski definition) is 4. The molecule has 0 spiro atoms. The van der Waals surface area contributed by atoms with Gasteiger partial charge in [-0.1, -0.05) is 20.8 Å². The Morgan fingerprint density at radius 3 is 2.59 bits per heavy atom. The molecule has 1 aromatic rings. The number of aliphatic hydroxyl groups is 1. The normalized spacial score (nSPS) is 21.5. The molecule has 17 heavy (non-hydrogen) atoms. The number of urea groups is 1. The number of aliphatic hydroxyl groups excluding tert-OH is 1. The van der Waals surface area contributed by atoms with Gasteiger partial charge in [-0.25, -0.2) is 9.69 Å². The molecule has 0 bridgehead atoms. The highest BCUT2D eigenvalue weighted by Crippen LogP contribution is 2.31. The number of amides is 2. The van der Waals surface area contributed by atoms with Crippen LogP contribution in [0.15, 0.2) is 6.07 Å². The van der Waals surface area contributed by atoms with Crippen molar-refractivity contribution in [1.82, 2.24) is 9.27 Å². The van der Waals surface area contributed by atoms with Crippen LogP contribution in [0.25, 0.3) is 0 Å². The molecular formula is C11H17N3O2S. The number of anilines is 1. The van der Waals surface area contributed by atoms with Crippen LogP contribution in [-0.4, -0.2) is 40.2 Å². The lowest BCUT2D eigenvalue weighted by Crippen LogP contribution is -2.34. The van der Waals surface area contributed by atoms with Crippen molar-refractivity contribution in [2.24, 2.45) is 0 Å². The molecule has 1 aromatic heterocycles. The third-order valence-electron chi connectivity index (χ3n) is 2.75. The van der Waals surface area contributed by atoms with Crippen molar-refractivity contribution >= 4 is 23.4 Å². The second kappa shape index (κ2) is 3.96. The lowest BCUT2D eigenvalue weighted by molar-refractivity contribution is 0.183. The number of carbonyl (C=O) groups is 1. The first-order valence-electron chi connectivity index (χ1n) is 5.50. The molecular weight excluding hydrogens is 238 g/mol. The van der Waals surface area contributed by atoms with E-state index in [2.05, 4.69) is 25.1 Å². The molecule has 1 aliphatic rings. The molecule has 0 aromatic carbocycles. The van der Waals surface area contributed by atoms with Gasteiger partial charge in [-0.3, -0.25) is 0 Å². The van der Waals surface area contributed by atoms with Gasteiger partial charge in [0, 0.05) is 11.9 Å². The van der Waals surface area contributed by atoms with Crippen molar-refractivity contribution in [2.45, 2.75) is 32.4 Å². The van der Waals surface area contributed by atoms with Gasteiger partial charge in [0.25, 0.3) is 0 Å². The van der Waals surface area contributed by atoms with E-state index in [1.54, 1.807) is 7.05 Å². The standard InChI is InChI=1S/C11H17N3O2S/c1-11(2,3)7-5-8(12-17-7)14-9(15)6-13(4)10(14)16/h5,9,15H,6H2,1-4H3. The van der Waals surface area contributed by atoms with Crippen molar-refractivity contribution in [3.8, 4) is 0 Å². The van der Waals surface area contributed by atoms with E-state index in [0.717, 1.165) is 4.88 Å². The number of carbonyl (C=O) groups excluding carboxylic acids is 1. The number of β-amino-alcohol motifs (C(OH)–C–C–N with tert-alkyl or cyclic N) is 1. The molecule has 1 unspecified atom stereocenters. The van der Waals surface area contributed by atoms with E-state index >= 15 is 0 Å². The Kier molecular flexibility index (Phi) is 2.87. The fraction of sp³-hybridized carbons (Fsp3) is 0.636. The summed E-state index contributed by atoms with van der Waals surface area (Å²) in [5.41, 5.74) is 0.00947. The van der Waals surface area contributed by atoms with Crippen molar-refractivity contribution in [1.29, 1.82) is 0 Å². The quantitative estimate of drug-likeness (QED) is 0.830. The Balaban J connectivity index is 2.29. The van der Waals surface area contributed by atoms with Crippen LogP contribution in [0.4, 0.5) is 10.6 Å². The molecule has 0 radical (unpaired) electrons. The van der Waals surface area contributed by atoms with E-state index < -0.39 is 6.23 Å². The highest BCUT2D eigenvalue weighted by atomic mass is 32.1. The predicted molar refractivity (Wildman–Crippen MR) is 67.3 cm³/mol. The van der Waals surface area contributed by atoms with Crippen LogP contribution in [0, 0.1) is 0 Å². The fourth-order valence-electron chi connectivity index (χ4n) is 1.70. The second-order valence-corrected chi connectivity index (χ2v) is 6.12. The number of aromatic nitrogens is 1. The molecule has 1 aliphatic heterocycles. The zero-order valence-electron chi connectivity index (χ0n) is 10.5. The monoisotopic (exact) mass is 255 g/mol. The lowest BCUT2D eigenvalue weighted by Gasteiger charge is -2.17. The van der Waals surface area contributed by atoms with Gasteiger partial charge in [0.05, 0.1) is 6.54 Å². The summed E-state index contributed by atoms with van der Waals surface area (Å²) in [5.74, 6) is 0.543. The van der Waals surface area contributed by atoms with Crippen LogP contribution < -0.4 is 4.90 Å². The molecule has 2 amide bonds. The van der Waals surface area contributed by atoms with E-state index in [0.29, 0.717) is 12.4 Å². The number of rotatable bonds is 1. The van der Waals surface area contributed by atoms with Crippen molar-refractivity contribution in [3.63, 3.8) is 0 Å². The topological polar surface area (TPSA) is 56.7 Å². The zero-order valence-corrected chi connectivity index (χ0v) is 11.3. The Bertz CT molecular complexity index is 438. The molecule has 5 nitrogen and oxygen atoms in total. The van der Waals surface area contributed by atoms with Crippen LogP contribution in [0.5, 0.6) is 0 Å². The summed E-state index contributed by atoms with van der Waals surface area (Å²) < 4.78 is 4.26. The van der Waals surface area contributed by atoms with Crippen LogP contribution in [0.2, 0.25) is 0 Å². The molecule has 1 fully saturated rings. The first kappa shape index (κ1) is 12.3. The van der Waals surface area contributed by atoms with E-state index in [-0.39, 0.29) is 11.4 Å².